The predicted molar refractivity (Wildman–Crippen MR) is 64.1 cm³/mol. The number of ether oxygens (including phenoxy) is 1. The molecule has 0 aromatic heterocycles. The van der Waals surface area contributed by atoms with Crippen LogP contribution in [0.5, 0.6) is 0 Å². The molecule has 0 aromatic rings. The van der Waals surface area contributed by atoms with Crippen molar-refractivity contribution in [2.24, 2.45) is 5.73 Å². The summed E-state index contributed by atoms with van der Waals surface area (Å²) >= 11 is 0. The molecule has 1 fully saturated rings. The van der Waals surface area contributed by atoms with Crippen LogP contribution in [0.1, 0.15) is 39.0 Å². The number of piperidine rings is 1. The number of nitrogens with two attached hydrogens (primary N) is 1. The predicted octanol–water partition coefficient (Wildman–Crippen LogP) is 1.14. The number of hydrogen-bond acceptors (Lipinski definition) is 4. The van der Waals surface area contributed by atoms with Crippen LogP contribution in [0.3, 0.4) is 0 Å². The number of methoxy groups -OCH3 is 1. The molecular weight excluding hydrogens is 204 g/mol. The molecule has 0 saturated carbocycles. The van der Waals surface area contributed by atoms with Crippen molar-refractivity contribution in [2.75, 3.05) is 20.2 Å². The number of rotatable bonds is 5. The Balaban J connectivity index is 2.52. The Bertz CT molecular complexity index is 221. The Morgan fingerprint density at radius 3 is 2.94 bits per heavy atom. The lowest BCUT2D eigenvalue weighted by molar-refractivity contribution is -0.142. The molecule has 0 aliphatic carbocycles. The van der Waals surface area contributed by atoms with Crippen molar-refractivity contribution in [3.8, 4) is 0 Å². The van der Waals surface area contributed by atoms with Crippen molar-refractivity contribution in [3.63, 3.8) is 0 Å². The molecular formula is C12H24N2O2. The van der Waals surface area contributed by atoms with E-state index in [9.17, 15) is 4.79 Å². The quantitative estimate of drug-likeness (QED) is 0.717. The summed E-state index contributed by atoms with van der Waals surface area (Å²) in [4.78, 5) is 13.8. The summed E-state index contributed by atoms with van der Waals surface area (Å²) in [7, 11) is 1.46. The SMILES string of the molecule is COC(=O)CC1CCCCN1C(C)CCN. The highest BCUT2D eigenvalue weighted by Gasteiger charge is 2.27. The van der Waals surface area contributed by atoms with E-state index in [1.807, 2.05) is 0 Å². The van der Waals surface area contributed by atoms with Crippen LogP contribution in [0.25, 0.3) is 0 Å². The average molecular weight is 228 g/mol. The molecule has 2 atom stereocenters. The van der Waals surface area contributed by atoms with Gasteiger partial charge in [-0.15, -0.1) is 0 Å². The molecule has 1 aliphatic heterocycles. The van der Waals surface area contributed by atoms with E-state index in [2.05, 4.69) is 11.8 Å². The first kappa shape index (κ1) is 13.5. The maximum atomic E-state index is 11.3. The van der Waals surface area contributed by atoms with Gasteiger partial charge in [-0.2, -0.15) is 0 Å². The zero-order chi connectivity index (χ0) is 12.0. The lowest BCUT2D eigenvalue weighted by Crippen LogP contribution is -2.46. The Kier molecular flexibility index (Phi) is 5.77. The second-order valence-electron chi connectivity index (χ2n) is 4.59. The second kappa shape index (κ2) is 6.86. The van der Waals surface area contributed by atoms with Gasteiger partial charge in [0.2, 0.25) is 0 Å². The fraction of sp³-hybridized carbons (Fsp3) is 0.917. The van der Waals surface area contributed by atoms with Crippen LogP contribution in [0.4, 0.5) is 0 Å². The van der Waals surface area contributed by atoms with Crippen molar-refractivity contribution >= 4 is 5.97 Å². The number of nitrogens with zero attached hydrogens (tertiary/aromatic N) is 1. The van der Waals surface area contributed by atoms with Gasteiger partial charge in [0.15, 0.2) is 0 Å². The molecule has 0 spiro atoms. The Morgan fingerprint density at radius 1 is 1.56 bits per heavy atom. The van der Waals surface area contributed by atoms with E-state index < -0.39 is 0 Å². The third kappa shape index (κ3) is 3.76. The first-order valence-electron chi connectivity index (χ1n) is 6.21. The smallest absolute Gasteiger partial charge is 0.307 e. The topological polar surface area (TPSA) is 55.6 Å². The van der Waals surface area contributed by atoms with E-state index in [4.69, 9.17) is 10.5 Å². The molecule has 0 radical (unpaired) electrons. The van der Waals surface area contributed by atoms with Crippen LogP contribution in [-0.2, 0) is 9.53 Å². The highest BCUT2D eigenvalue weighted by Crippen LogP contribution is 2.23. The van der Waals surface area contributed by atoms with Gasteiger partial charge in [-0.3, -0.25) is 9.69 Å². The minimum Gasteiger partial charge on any atom is -0.469 e. The summed E-state index contributed by atoms with van der Waals surface area (Å²) in [5.74, 6) is -0.100. The van der Waals surface area contributed by atoms with Crippen LogP contribution >= 0.6 is 0 Å². The molecule has 1 saturated heterocycles. The van der Waals surface area contributed by atoms with Gasteiger partial charge in [0.05, 0.1) is 13.5 Å². The van der Waals surface area contributed by atoms with Crippen LogP contribution in [0.2, 0.25) is 0 Å². The van der Waals surface area contributed by atoms with Crippen LogP contribution in [0, 0.1) is 0 Å². The Labute approximate surface area is 98.1 Å². The van der Waals surface area contributed by atoms with Crippen LogP contribution in [0.15, 0.2) is 0 Å². The molecule has 94 valence electrons. The van der Waals surface area contributed by atoms with Crippen LogP contribution < -0.4 is 5.73 Å². The molecule has 4 nitrogen and oxygen atoms in total. The zero-order valence-electron chi connectivity index (χ0n) is 10.4. The lowest BCUT2D eigenvalue weighted by Gasteiger charge is -2.39. The summed E-state index contributed by atoms with van der Waals surface area (Å²) < 4.78 is 4.75. The van der Waals surface area contributed by atoms with E-state index in [1.165, 1.54) is 20.0 Å². The van der Waals surface area contributed by atoms with Crippen molar-refractivity contribution in [2.45, 2.75) is 51.1 Å². The van der Waals surface area contributed by atoms with Crippen molar-refractivity contribution in [3.05, 3.63) is 0 Å². The molecule has 4 heteroatoms. The lowest BCUT2D eigenvalue weighted by atomic mass is 9.96. The van der Waals surface area contributed by atoms with E-state index in [0.29, 0.717) is 25.0 Å². The fourth-order valence-corrected chi connectivity index (χ4v) is 2.51. The van der Waals surface area contributed by atoms with Gasteiger partial charge in [-0.1, -0.05) is 6.42 Å². The number of esters is 1. The average Bonchev–Trinajstić information content (AvgIpc) is 2.30. The molecule has 0 aromatic carbocycles. The first-order chi connectivity index (χ1) is 7.69. The van der Waals surface area contributed by atoms with E-state index in [1.54, 1.807) is 0 Å². The molecule has 1 heterocycles. The minimum atomic E-state index is -0.100. The summed E-state index contributed by atoms with van der Waals surface area (Å²) in [6, 6.07) is 0.822. The first-order valence-corrected chi connectivity index (χ1v) is 6.21. The molecule has 0 amide bonds. The van der Waals surface area contributed by atoms with Gasteiger partial charge in [-0.25, -0.2) is 0 Å². The number of hydrogen-bond donors (Lipinski definition) is 1. The fourth-order valence-electron chi connectivity index (χ4n) is 2.51. The van der Waals surface area contributed by atoms with Crippen molar-refractivity contribution < 1.29 is 9.53 Å². The summed E-state index contributed by atoms with van der Waals surface area (Å²) in [5.41, 5.74) is 5.59. The highest BCUT2D eigenvalue weighted by atomic mass is 16.5. The maximum Gasteiger partial charge on any atom is 0.307 e. The number of likely N-dealkylation sites (tertiary alicyclic amines) is 1. The molecule has 0 bridgehead atoms. The van der Waals surface area contributed by atoms with Gasteiger partial charge in [-0.05, 0) is 39.3 Å². The van der Waals surface area contributed by atoms with Crippen LogP contribution in [-0.4, -0.2) is 43.2 Å². The number of carbonyl (C=O) groups is 1. The molecule has 2 unspecified atom stereocenters. The molecule has 1 aliphatic rings. The minimum absolute atomic E-state index is 0.100. The highest BCUT2D eigenvalue weighted by molar-refractivity contribution is 5.69. The molecule has 1 rings (SSSR count). The Hall–Kier alpha value is -0.610. The van der Waals surface area contributed by atoms with Gasteiger partial charge in [0.1, 0.15) is 0 Å². The normalized spacial score (nSPS) is 24.1. The van der Waals surface area contributed by atoms with E-state index in [-0.39, 0.29) is 5.97 Å². The molecule has 16 heavy (non-hydrogen) atoms. The van der Waals surface area contributed by atoms with Gasteiger partial charge in [0, 0.05) is 12.1 Å². The Morgan fingerprint density at radius 2 is 2.31 bits per heavy atom. The summed E-state index contributed by atoms with van der Waals surface area (Å²) in [6.45, 7) is 3.99. The summed E-state index contributed by atoms with van der Waals surface area (Å²) in [5, 5.41) is 0. The van der Waals surface area contributed by atoms with Gasteiger partial charge >= 0.3 is 5.97 Å². The van der Waals surface area contributed by atoms with E-state index in [0.717, 1.165) is 19.4 Å². The van der Waals surface area contributed by atoms with Gasteiger partial charge in [0.25, 0.3) is 0 Å². The van der Waals surface area contributed by atoms with E-state index >= 15 is 0 Å². The largest absolute Gasteiger partial charge is 0.469 e. The monoisotopic (exact) mass is 228 g/mol. The van der Waals surface area contributed by atoms with Crippen molar-refractivity contribution in [1.82, 2.24) is 4.90 Å². The standard InChI is InChI=1S/C12H24N2O2/c1-10(6-7-13)14-8-4-3-5-11(14)9-12(15)16-2/h10-11H,3-9,13H2,1-2H3. The second-order valence-corrected chi connectivity index (χ2v) is 4.59. The van der Waals surface area contributed by atoms with Gasteiger partial charge < -0.3 is 10.5 Å². The van der Waals surface area contributed by atoms with Crippen molar-refractivity contribution in [1.29, 1.82) is 0 Å². The number of carbonyl (C=O) groups excluding carboxylic acids is 1. The summed E-state index contributed by atoms with van der Waals surface area (Å²) in [6.07, 6.45) is 5.06. The third-order valence-electron chi connectivity index (χ3n) is 3.45. The maximum absolute atomic E-state index is 11.3. The third-order valence-corrected chi connectivity index (χ3v) is 3.45. The molecule has 2 N–H and O–H groups in total. The zero-order valence-corrected chi connectivity index (χ0v) is 10.4.